The van der Waals surface area contributed by atoms with Crippen LogP contribution >= 0.6 is 0 Å². The van der Waals surface area contributed by atoms with E-state index in [2.05, 4.69) is 43.0 Å². The molecule has 0 aromatic carbocycles. The molecule has 0 saturated heterocycles. The third kappa shape index (κ3) is 23.5. The van der Waals surface area contributed by atoms with E-state index >= 15 is 0 Å². The molecule has 1 heterocycles. The van der Waals surface area contributed by atoms with Crippen LogP contribution in [0.4, 0.5) is 0 Å². The Balaban J connectivity index is 2.04. The van der Waals surface area contributed by atoms with E-state index in [0.717, 1.165) is 0 Å². The lowest BCUT2D eigenvalue weighted by Gasteiger charge is -2.33. The van der Waals surface area contributed by atoms with Crippen molar-refractivity contribution in [3.8, 4) is 0 Å². The second-order valence-corrected chi connectivity index (χ2v) is 13.6. The SMILES string of the molecule is CCCCCCCCCCCCCCCCCCCN1C=CN(CCCCC)C1CCCCCCCCCCCC. The van der Waals surface area contributed by atoms with Gasteiger partial charge >= 0.3 is 0 Å². The van der Waals surface area contributed by atoms with Crippen molar-refractivity contribution < 1.29 is 0 Å². The minimum atomic E-state index is 0.641. The van der Waals surface area contributed by atoms with E-state index in [1.807, 2.05) is 0 Å². The summed E-state index contributed by atoms with van der Waals surface area (Å²) in [6, 6.07) is 0. The van der Waals surface area contributed by atoms with Gasteiger partial charge in [-0.05, 0) is 25.7 Å². The van der Waals surface area contributed by atoms with Crippen molar-refractivity contribution in [2.45, 2.75) is 226 Å². The fourth-order valence-corrected chi connectivity index (χ4v) is 6.72. The summed E-state index contributed by atoms with van der Waals surface area (Å²) in [7, 11) is 0. The van der Waals surface area contributed by atoms with Crippen LogP contribution < -0.4 is 0 Å². The molecule has 0 radical (unpaired) electrons. The first-order chi connectivity index (χ1) is 20.3. The quantitative estimate of drug-likeness (QED) is 0.0719. The smallest absolute Gasteiger partial charge is 0.101 e. The van der Waals surface area contributed by atoms with Crippen LogP contribution in [0.2, 0.25) is 0 Å². The molecule has 0 bridgehead atoms. The summed E-state index contributed by atoms with van der Waals surface area (Å²) < 4.78 is 0. The Kier molecular flexibility index (Phi) is 28.8. The summed E-state index contributed by atoms with van der Waals surface area (Å²) in [6.45, 7) is 9.47. The van der Waals surface area contributed by atoms with Gasteiger partial charge in [-0.1, -0.05) is 194 Å². The molecule has 0 aromatic rings. The topological polar surface area (TPSA) is 6.48 Å². The molecule has 244 valence electrons. The van der Waals surface area contributed by atoms with Crippen molar-refractivity contribution in [1.29, 1.82) is 0 Å². The summed E-state index contributed by atoms with van der Waals surface area (Å²) in [5, 5.41) is 0. The lowest BCUT2D eigenvalue weighted by atomic mass is 10.0. The second-order valence-electron chi connectivity index (χ2n) is 13.6. The number of hydrogen-bond donors (Lipinski definition) is 0. The van der Waals surface area contributed by atoms with Crippen molar-refractivity contribution in [1.82, 2.24) is 9.80 Å². The van der Waals surface area contributed by atoms with E-state index < -0.39 is 0 Å². The van der Waals surface area contributed by atoms with Gasteiger partial charge in [-0.3, -0.25) is 0 Å². The third-order valence-corrected chi connectivity index (χ3v) is 9.57. The second kappa shape index (κ2) is 30.8. The van der Waals surface area contributed by atoms with Crippen LogP contribution in [0.15, 0.2) is 12.4 Å². The van der Waals surface area contributed by atoms with Crippen LogP contribution in [0.5, 0.6) is 0 Å². The zero-order valence-electron chi connectivity index (χ0n) is 29.0. The monoisotopic (exact) mass is 575 g/mol. The minimum Gasteiger partial charge on any atom is -0.356 e. The lowest BCUT2D eigenvalue weighted by molar-refractivity contribution is 0.135. The Hall–Kier alpha value is -0.660. The van der Waals surface area contributed by atoms with Gasteiger partial charge in [0.05, 0.1) is 0 Å². The lowest BCUT2D eigenvalue weighted by Crippen LogP contribution is -2.39. The molecule has 2 heteroatoms. The molecule has 1 aliphatic heterocycles. The van der Waals surface area contributed by atoms with Crippen molar-refractivity contribution in [3.05, 3.63) is 12.4 Å². The molecule has 0 aromatic heterocycles. The van der Waals surface area contributed by atoms with E-state index in [9.17, 15) is 0 Å². The van der Waals surface area contributed by atoms with Gasteiger partial charge in [0.25, 0.3) is 0 Å². The van der Waals surface area contributed by atoms with Gasteiger partial charge < -0.3 is 9.80 Å². The Labute approximate surface area is 260 Å². The highest BCUT2D eigenvalue weighted by Gasteiger charge is 2.24. The number of hydrogen-bond acceptors (Lipinski definition) is 2. The summed E-state index contributed by atoms with van der Waals surface area (Å²) in [5.41, 5.74) is 0. The van der Waals surface area contributed by atoms with Crippen molar-refractivity contribution in [3.63, 3.8) is 0 Å². The number of rotatable bonds is 33. The van der Waals surface area contributed by atoms with Crippen molar-refractivity contribution >= 4 is 0 Å². The fourth-order valence-electron chi connectivity index (χ4n) is 6.72. The molecule has 1 unspecified atom stereocenters. The molecule has 0 N–H and O–H groups in total. The Morgan fingerprint density at radius 2 is 0.561 bits per heavy atom. The predicted molar refractivity (Wildman–Crippen MR) is 186 cm³/mol. The molecule has 0 amide bonds. The maximum Gasteiger partial charge on any atom is 0.101 e. The zero-order valence-corrected chi connectivity index (χ0v) is 29.0. The van der Waals surface area contributed by atoms with E-state index in [0.29, 0.717) is 6.17 Å². The van der Waals surface area contributed by atoms with Gasteiger partial charge in [-0.2, -0.15) is 0 Å². The normalized spacial score (nSPS) is 15.0. The predicted octanol–water partition coefficient (Wildman–Crippen LogP) is 13.6. The Morgan fingerprint density at radius 1 is 0.317 bits per heavy atom. The van der Waals surface area contributed by atoms with Crippen molar-refractivity contribution in [2.24, 2.45) is 0 Å². The molecular weight excluding hydrogens is 496 g/mol. The maximum absolute atomic E-state index is 2.70. The minimum absolute atomic E-state index is 0.641. The molecule has 1 atom stereocenters. The van der Waals surface area contributed by atoms with Crippen LogP contribution in [0.3, 0.4) is 0 Å². The van der Waals surface area contributed by atoms with Crippen LogP contribution in [-0.4, -0.2) is 29.1 Å². The molecule has 0 spiro atoms. The van der Waals surface area contributed by atoms with E-state index in [4.69, 9.17) is 0 Å². The molecule has 1 aliphatic rings. The first-order valence-corrected chi connectivity index (χ1v) is 19.5. The molecule has 0 aliphatic carbocycles. The van der Waals surface area contributed by atoms with Crippen LogP contribution in [0.25, 0.3) is 0 Å². The molecule has 2 nitrogen and oxygen atoms in total. The van der Waals surface area contributed by atoms with Gasteiger partial charge in [-0.15, -0.1) is 0 Å². The Morgan fingerprint density at radius 3 is 0.902 bits per heavy atom. The zero-order chi connectivity index (χ0) is 29.5. The first kappa shape index (κ1) is 38.4. The van der Waals surface area contributed by atoms with Gasteiger partial charge in [0.2, 0.25) is 0 Å². The van der Waals surface area contributed by atoms with Crippen LogP contribution in [0.1, 0.15) is 220 Å². The molecule has 41 heavy (non-hydrogen) atoms. The first-order valence-electron chi connectivity index (χ1n) is 19.5. The average Bonchev–Trinajstić information content (AvgIpc) is 3.36. The van der Waals surface area contributed by atoms with Gasteiger partial charge in [-0.25, -0.2) is 0 Å². The standard InChI is InChI=1S/C39H78N2/c1-4-7-10-12-14-16-18-19-20-21-22-23-24-26-28-30-33-36-41-38-37-40(35-32-9-6-3)39(41)34-31-29-27-25-17-15-13-11-8-5-2/h37-39H,4-36H2,1-3H3. The third-order valence-electron chi connectivity index (χ3n) is 9.57. The van der Waals surface area contributed by atoms with E-state index in [1.54, 1.807) is 0 Å². The van der Waals surface area contributed by atoms with E-state index in [1.165, 1.54) is 212 Å². The van der Waals surface area contributed by atoms with E-state index in [-0.39, 0.29) is 0 Å². The molecule has 0 saturated carbocycles. The van der Waals surface area contributed by atoms with Gasteiger partial charge in [0.15, 0.2) is 0 Å². The van der Waals surface area contributed by atoms with Gasteiger partial charge in [0.1, 0.15) is 6.17 Å². The Bertz CT molecular complexity index is 530. The molecular formula is C39H78N2. The van der Waals surface area contributed by atoms with Crippen LogP contribution in [0, 0.1) is 0 Å². The number of nitrogens with zero attached hydrogens (tertiary/aromatic N) is 2. The highest BCUT2D eigenvalue weighted by Crippen LogP contribution is 2.24. The summed E-state index contributed by atoms with van der Waals surface area (Å²) in [4.78, 5) is 5.38. The highest BCUT2D eigenvalue weighted by atomic mass is 15.4. The summed E-state index contributed by atoms with van der Waals surface area (Å²) in [6.07, 6.45) is 50.0. The largest absolute Gasteiger partial charge is 0.356 e. The summed E-state index contributed by atoms with van der Waals surface area (Å²) >= 11 is 0. The maximum atomic E-state index is 2.70. The van der Waals surface area contributed by atoms with Gasteiger partial charge in [0, 0.05) is 25.5 Å². The molecule has 0 fully saturated rings. The fraction of sp³-hybridized carbons (Fsp3) is 0.949. The molecule has 1 rings (SSSR count). The highest BCUT2D eigenvalue weighted by molar-refractivity contribution is 4.97. The van der Waals surface area contributed by atoms with Crippen molar-refractivity contribution in [2.75, 3.05) is 13.1 Å². The average molecular weight is 575 g/mol. The number of unbranched alkanes of at least 4 members (excludes halogenated alkanes) is 27. The summed E-state index contributed by atoms with van der Waals surface area (Å²) in [5.74, 6) is 0. The van der Waals surface area contributed by atoms with Crippen LogP contribution in [-0.2, 0) is 0 Å².